The lowest BCUT2D eigenvalue weighted by Crippen LogP contribution is -2.30. The molecule has 0 saturated heterocycles. The summed E-state index contributed by atoms with van der Waals surface area (Å²) < 4.78 is 0. The molecule has 1 atom stereocenters. The molecule has 2 aromatic carbocycles. The Morgan fingerprint density at radius 2 is 1.35 bits per heavy atom. The van der Waals surface area contributed by atoms with Crippen molar-refractivity contribution >= 4 is 0 Å². The van der Waals surface area contributed by atoms with E-state index in [4.69, 9.17) is 11.5 Å². The molecule has 0 saturated carbocycles. The third-order valence-electron chi connectivity index (χ3n) is 6.13. The molecular formula is C24H34N2. The highest BCUT2D eigenvalue weighted by atomic mass is 14.7. The van der Waals surface area contributed by atoms with Crippen molar-refractivity contribution in [2.75, 3.05) is 0 Å². The molecule has 0 fully saturated rings. The normalized spacial score (nSPS) is 22.3. The fourth-order valence-electron chi connectivity index (χ4n) is 4.58. The molecule has 4 N–H and O–H groups in total. The average molecular weight is 351 g/mol. The van der Waals surface area contributed by atoms with Crippen molar-refractivity contribution in [1.29, 1.82) is 0 Å². The summed E-state index contributed by atoms with van der Waals surface area (Å²) in [6, 6.07) is 15.7. The van der Waals surface area contributed by atoms with E-state index in [0.29, 0.717) is 0 Å². The summed E-state index contributed by atoms with van der Waals surface area (Å²) in [7, 11) is 0. The lowest BCUT2D eigenvalue weighted by molar-refractivity contribution is 0.423. The lowest BCUT2D eigenvalue weighted by atomic mass is 9.74. The van der Waals surface area contributed by atoms with Crippen LogP contribution in [-0.4, -0.2) is 0 Å². The van der Waals surface area contributed by atoms with Gasteiger partial charge in [-0.15, -0.1) is 0 Å². The predicted octanol–water partition coefficient (Wildman–Crippen LogP) is 5.06. The first kappa shape index (κ1) is 19.1. The van der Waals surface area contributed by atoms with Crippen molar-refractivity contribution in [3.63, 3.8) is 0 Å². The summed E-state index contributed by atoms with van der Waals surface area (Å²) in [4.78, 5) is 0. The molecule has 1 aliphatic rings. The molecule has 0 aromatic heterocycles. The molecule has 0 spiro atoms. The Morgan fingerprint density at radius 1 is 0.769 bits per heavy atom. The first-order valence-corrected chi connectivity index (χ1v) is 9.59. The van der Waals surface area contributed by atoms with Crippen molar-refractivity contribution < 1.29 is 0 Å². The van der Waals surface area contributed by atoms with Gasteiger partial charge in [0.15, 0.2) is 0 Å². The second-order valence-corrected chi connectivity index (χ2v) is 10.2. The third-order valence-corrected chi connectivity index (χ3v) is 6.13. The van der Waals surface area contributed by atoms with Crippen molar-refractivity contribution in [3.8, 4) is 0 Å². The van der Waals surface area contributed by atoms with Gasteiger partial charge >= 0.3 is 0 Å². The standard InChI is InChI=1S/C24H34N2/c1-21(2)15-24(7,18-10-8-9-16(13-18)22(3,4)25)19-12-11-17(14-20(19)21)23(5,6)26/h8-14H,15,25-26H2,1-7H3. The fraction of sp³-hybridized carbons (Fsp3) is 0.500. The van der Waals surface area contributed by atoms with E-state index in [1.54, 1.807) is 0 Å². The second kappa shape index (κ2) is 5.68. The quantitative estimate of drug-likeness (QED) is 0.813. The van der Waals surface area contributed by atoms with Crippen LogP contribution >= 0.6 is 0 Å². The molecular weight excluding hydrogens is 316 g/mol. The van der Waals surface area contributed by atoms with E-state index < -0.39 is 0 Å². The van der Waals surface area contributed by atoms with Gasteiger partial charge in [-0.05, 0) is 67.3 Å². The summed E-state index contributed by atoms with van der Waals surface area (Å²) in [5.74, 6) is 0. The van der Waals surface area contributed by atoms with Gasteiger partial charge in [0.2, 0.25) is 0 Å². The molecule has 2 nitrogen and oxygen atoms in total. The van der Waals surface area contributed by atoms with Crippen LogP contribution in [0.5, 0.6) is 0 Å². The Hall–Kier alpha value is -1.64. The summed E-state index contributed by atoms with van der Waals surface area (Å²) >= 11 is 0. The third kappa shape index (κ3) is 3.10. The number of nitrogens with two attached hydrogens (primary N) is 2. The van der Waals surface area contributed by atoms with E-state index in [0.717, 1.165) is 6.42 Å². The minimum Gasteiger partial charge on any atom is -0.322 e. The van der Waals surface area contributed by atoms with Crippen LogP contribution in [0.3, 0.4) is 0 Å². The maximum atomic E-state index is 6.37. The number of hydrogen-bond acceptors (Lipinski definition) is 2. The van der Waals surface area contributed by atoms with Crippen LogP contribution < -0.4 is 11.5 Å². The Morgan fingerprint density at radius 3 is 1.92 bits per heavy atom. The van der Waals surface area contributed by atoms with E-state index in [2.05, 4.69) is 90.9 Å². The molecule has 0 amide bonds. The lowest BCUT2D eigenvalue weighted by Gasteiger charge is -2.30. The number of fused-ring (bicyclic) bond motifs is 1. The summed E-state index contributed by atoms with van der Waals surface area (Å²) in [5, 5.41) is 0. The average Bonchev–Trinajstić information content (AvgIpc) is 2.73. The zero-order valence-corrected chi connectivity index (χ0v) is 17.4. The highest BCUT2D eigenvalue weighted by molar-refractivity contribution is 5.54. The zero-order chi connectivity index (χ0) is 19.5. The molecule has 0 radical (unpaired) electrons. The summed E-state index contributed by atoms with van der Waals surface area (Å²) in [5.41, 5.74) is 18.7. The van der Waals surface area contributed by atoms with Crippen LogP contribution in [0.25, 0.3) is 0 Å². The number of rotatable bonds is 3. The Bertz CT molecular complexity index is 834. The van der Waals surface area contributed by atoms with Crippen LogP contribution in [0.1, 0.15) is 82.7 Å². The van der Waals surface area contributed by atoms with Crippen LogP contribution in [-0.2, 0) is 21.9 Å². The first-order valence-electron chi connectivity index (χ1n) is 9.59. The molecule has 1 aliphatic carbocycles. The van der Waals surface area contributed by atoms with Gasteiger partial charge in [-0.2, -0.15) is 0 Å². The topological polar surface area (TPSA) is 52.0 Å². The molecule has 3 rings (SSSR count). The van der Waals surface area contributed by atoms with Crippen LogP contribution in [0.4, 0.5) is 0 Å². The van der Waals surface area contributed by atoms with Gasteiger partial charge in [-0.25, -0.2) is 0 Å². The molecule has 0 heterocycles. The van der Waals surface area contributed by atoms with Gasteiger partial charge in [-0.1, -0.05) is 63.2 Å². The summed E-state index contributed by atoms with van der Waals surface area (Å²) in [6.07, 6.45) is 1.08. The second-order valence-electron chi connectivity index (χ2n) is 10.2. The van der Waals surface area contributed by atoms with Crippen molar-refractivity contribution in [1.82, 2.24) is 0 Å². The molecule has 1 unspecified atom stereocenters. The van der Waals surface area contributed by atoms with E-state index >= 15 is 0 Å². The van der Waals surface area contributed by atoms with E-state index in [1.165, 1.54) is 27.8 Å². The highest BCUT2D eigenvalue weighted by Crippen LogP contribution is 2.53. The monoisotopic (exact) mass is 350 g/mol. The zero-order valence-electron chi connectivity index (χ0n) is 17.4. The highest BCUT2D eigenvalue weighted by Gasteiger charge is 2.46. The van der Waals surface area contributed by atoms with Gasteiger partial charge in [0.05, 0.1) is 0 Å². The maximum absolute atomic E-state index is 6.37. The van der Waals surface area contributed by atoms with E-state index in [9.17, 15) is 0 Å². The van der Waals surface area contributed by atoms with Gasteiger partial charge in [0.25, 0.3) is 0 Å². The molecule has 2 aromatic rings. The largest absolute Gasteiger partial charge is 0.322 e. The van der Waals surface area contributed by atoms with Crippen LogP contribution in [0.15, 0.2) is 42.5 Å². The molecule has 140 valence electrons. The minimum atomic E-state index is -0.337. The van der Waals surface area contributed by atoms with Crippen LogP contribution in [0.2, 0.25) is 0 Å². The first-order chi connectivity index (χ1) is 11.7. The fourth-order valence-corrected chi connectivity index (χ4v) is 4.58. The van der Waals surface area contributed by atoms with Crippen molar-refractivity contribution in [3.05, 3.63) is 70.3 Å². The van der Waals surface area contributed by atoms with Gasteiger partial charge in [0, 0.05) is 16.5 Å². The van der Waals surface area contributed by atoms with E-state index in [-0.39, 0.29) is 21.9 Å². The molecule has 26 heavy (non-hydrogen) atoms. The number of benzene rings is 2. The van der Waals surface area contributed by atoms with E-state index in [1.807, 2.05) is 0 Å². The summed E-state index contributed by atoms with van der Waals surface area (Å²) in [6.45, 7) is 15.3. The molecule has 0 aliphatic heterocycles. The Kier molecular flexibility index (Phi) is 4.18. The Labute approximate surface area is 159 Å². The molecule has 2 heteroatoms. The SMILES string of the molecule is CC(C)(N)c1cccc(C2(C)CC(C)(C)c3cc(C(C)(C)N)ccc32)c1. The maximum Gasteiger partial charge on any atom is 0.0352 e. The van der Waals surface area contributed by atoms with Crippen molar-refractivity contribution in [2.24, 2.45) is 11.5 Å². The predicted molar refractivity (Wildman–Crippen MR) is 111 cm³/mol. The van der Waals surface area contributed by atoms with Crippen molar-refractivity contribution in [2.45, 2.75) is 76.8 Å². The van der Waals surface area contributed by atoms with Gasteiger partial charge in [-0.3, -0.25) is 0 Å². The molecule has 0 bridgehead atoms. The number of hydrogen-bond donors (Lipinski definition) is 2. The Balaban J connectivity index is 2.18. The van der Waals surface area contributed by atoms with Crippen LogP contribution in [0, 0.1) is 0 Å². The minimum absolute atomic E-state index is 0.0165. The van der Waals surface area contributed by atoms with Gasteiger partial charge < -0.3 is 11.5 Å². The van der Waals surface area contributed by atoms with Gasteiger partial charge in [0.1, 0.15) is 0 Å². The smallest absolute Gasteiger partial charge is 0.0352 e.